The van der Waals surface area contributed by atoms with Gasteiger partial charge in [0.25, 0.3) is 5.89 Å². The molecule has 8 heteroatoms. The molecular weight excluding hydrogens is 330 g/mol. The molecule has 1 fully saturated rings. The van der Waals surface area contributed by atoms with E-state index in [1.165, 1.54) is 0 Å². The fourth-order valence-electron chi connectivity index (χ4n) is 2.67. The van der Waals surface area contributed by atoms with Crippen LogP contribution >= 0.6 is 12.4 Å². The molecule has 1 saturated carbocycles. The topological polar surface area (TPSA) is 92.0 Å². The molecule has 1 aliphatic carbocycles. The van der Waals surface area contributed by atoms with Crippen molar-refractivity contribution in [2.24, 2.45) is 5.73 Å². The maximum atomic E-state index is 6.24. The van der Waals surface area contributed by atoms with Gasteiger partial charge in [-0.25, -0.2) is 4.68 Å². The summed E-state index contributed by atoms with van der Waals surface area (Å²) in [4.78, 5) is 4.43. The minimum atomic E-state index is -0.461. The van der Waals surface area contributed by atoms with Crippen molar-refractivity contribution in [2.75, 3.05) is 7.11 Å². The number of aromatic nitrogens is 4. The van der Waals surface area contributed by atoms with E-state index in [1.54, 1.807) is 18.0 Å². The van der Waals surface area contributed by atoms with Crippen LogP contribution in [0, 0.1) is 0 Å². The fourth-order valence-corrected chi connectivity index (χ4v) is 2.67. The number of nitrogens with two attached hydrogens (primary N) is 1. The number of hydrogen-bond acceptors (Lipinski definition) is 6. The Morgan fingerprint density at radius 2 is 2.00 bits per heavy atom. The Hall–Kier alpha value is -2.38. The van der Waals surface area contributed by atoms with Gasteiger partial charge in [-0.1, -0.05) is 23.4 Å². The van der Waals surface area contributed by atoms with Crippen molar-refractivity contribution >= 4 is 12.4 Å². The van der Waals surface area contributed by atoms with Crippen LogP contribution in [0.4, 0.5) is 0 Å². The first-order chi connectivity index (χ1) is 11.2. The minimum Gasteiger partial charge on any atom is -0.493 e. The summed E-state index contributed by atoms with van der Waals surface area (Å²) in [5.74, 6) is 1.43. The fraction of sp³-hybridized carbons (Fsp3) is 0.312. The third kappa shape index (κ3) is 2.65. The van der Waals surface area contributed by atoms with Gasteiger partial charge in [-0.05, 0) is 31.4 Å². The zero-order valence-electron chi connectivity index (χ0n) is 13.2. The largest absolute Gasteiger partial charge is 0.493 e. The molecule has 126 valence electrons. The molecule has 0 aliphatic heterocycles. The first-order valence-corrected chi connectivity index (χ1v) is 7.52. The molecule has 0 radical (unpaired) electrons. The zero-order chi connectivity index (χ0) is 15.9. The lowest BCUT2D eigenvalue weighted by molar-refractivity contribution is 0.229. The van der Waals surface area contributed by atoms with E-state index in [-0.39, 0.29) is 12.4 Å². The van der Waals surface area contributed by atoms with Gasteiger partial charge in [-0.2, -0.15) is 10.1 Å². The molecule has 7 nitrogen and oxygen atoms in total. The van der Waals surface area contributed by atoms with Gasteiger partial charge in [0.1, 0.15) is 0 Å². The van der Waals surface area contributed by atoms with E-state index in [4.69, 9.17) is 15.0 Å². The van der Waals surface area contributed by atoms with Gasteiger partial charge in [-0.15, -0.1) is 12.4 Å². The molecule has 2 aromatic heterocycles. The van der Waals surface area contributed by atoms with E-state index < -0.39 is 5.54 Å². The number of halogens is 1. The monoisotopic (exact) mass is 347 g/mol. The van der Waals surface area contributed by atoms with Crippen molar-refractivity contribution < 1.29 is 9.26 Å². The number of nitrogens with zero attached hydrogens (tertiary/aromatic N) is 4. The van der Waals surface area contributed by atoms with Crippen LogP contribution in [0.1, 0.15) is 25.1 Å². The molecular formula is C16H18ClN5O2. The van der Waals surface area contributed by atoms with E-state index in [1.807, 2.05) is 30.3 Å². The molecule has 0 amide bonds. The predicted molar refractivity (Wildman–Crippen MR) is 90.4 cm³/mol. The third-order valence-electron chi connectivity index (χ3n) is 4.24. The van der Waals surface area contributed by atoms with Crippen molar-refractivity contribution in [3.8, 4) is 23.0 Å². The number of para-hydroxylation sites is 1. The highest BCUT2D eigenvalue weighted by Crippen LogP contribution is 2.38. The van der Waals surface area contributed by atoms with E-state index >= 15 is 0 Å². The third-order valence-corrected chi connectivity index (χ3v) is 4.24. The highest BCUT2D eigenvalue weighted by Gasteiger charge is 2.39. The van der Waals surface area contributed by atoms with Crippen LogP contribution in [0.5, 0.6) is 5.75 Å². The molecule has 0 atom stereocenters. The van der Waals surface area contributed by atoms with Crippen LogP contribution in [0.15, 0.2) is 41.1 Å². The molecule has 2 N–H and O–H groups in total. The maximum Gasteiger partial charge on any atom is 0.282 e. The predicted octanol–water partition coefficient (Wildman–Crippen LogP) is 2.69. The molecule has 0 unspecified atom stereocenters. The summed E-state index contributed by atoms with van der Waals surface area (Å²) in [5, 5.41) is 8.54. The van der Waals surface area contributed by atoms with E-state index in [9.17, 15) is 0 Å². The maximum absolute atomic E-state index is 6.24. The number of benzene rings is 1. The number of ether oxygens (including phenoxy) is 1. The van der Waals surface area contributed by atoms with Crippen LogP contribution in [0.3, 0.4) is 0 Å². The lowest BCUT2D eigenvalue weighted by Gasteiger charge is -2.34. The van der Waals surface area contributed by atoms with Gasteiger partial charge in [0.15, 0.2) is 17.3 Å². The van der Waals surface area contributed by atoms with E-state index in [0.717, 1.165) is 24.9 Å². The second kappa shape index (κ2) is 6.26. The highest BCUT2D eigenvalue weighted by atomic mass is 35.5. The molecule has 24 heavy (non-hydrogen) atoms. The number of rotatable bonds is 4. The Kier molecular flexibility index (Phi) is 4.29. The lowest BCUT2D eigenvalue weighted by atomic mass is 9.77. The van der Waals surface area contributed by atoms with E-state index in [2.05, 4.69) is 15.2 Å². The van der Waals surface area contributed by atoms with E-state index in [0.29, 0.717) is 23.2 Å². The average Bonchev–Trinajstić information content (AvgIpc) is 3.20. The van der Waals surface area contributed by atoms with Crippen LogP contribution < -0.4 is 10.5 Å². The quantitative estimate of drug-likeness (QED) is 0.780. The number of methoxy groups -OCH3 is 1. The second-order valence-electron chi connectivity index (χ2n) is 5.76. The van der Waals surface area contributed by atoms with Crippen LogP contribution in [-0.4, -0.2) is 27.0 Å². The Labute approximate surface area is 145 Å². The Bertz CT molecular complexity index is 826. The zero-order valence-corrected chi connectivity index (χ0v) is 14.0. The second-order valence-corrected chi connectivity index (χ2v) is 5.76. The molecule has 0 saturated heterocycles. The first-order valence-electron chi connectivity index (χ1n) is 7.52. The van der Waals surface area contributed by atoms with Gasteiger partial charge in [0.2, 0.25) is 0 Å². The van der Waals surface area contributed by atoms with Gasteiger partial charge in [-0.3, -0.25) is 0 Å². The summed E-state index contributed by atoms with van der Waals surface area (Å²) in [6.45, 7) is 0. The molecule has 0 spiro atoms. The van der Waals surface area contributed by atoms with Crippen molar-refractivity contribution in [3.63, 3.8) is 0 Å². The first kappa shape index (κ1) is 16.5. The average molecular weight is 348 g/mol. The van der Waals surface area contributed by atoms with Gasteiger partial charge in [0.05, 0.1) is 24.5 Å². The molecule has 2 heterocycles. The van der Waals surface area contributed by atoms with Crippen molar-refractivity contribution in [1.29, 1.82) is 0 Å². The van der Waals surface area contributed by atoms with Crippen molar-refractivity contribution in [1.82, 2.24) is 19.9 Å². The Morgan fingerprint density at radius 1 is 1.25 bits per heavy atom. The Morgan fingerprint density at radius 3 is 2.62 bits per heavy atom. The van der Waals surface area contributed by atoms with Crippen LogP contribution in [0.25, 0.3) is 17.3 Å². The number of hydrogen-bond donors (Lipinski definition) is 1. The normalized spacial score (nSPS) is 15.4. The minimum absolute atomic E-state index is 0. The van der Waals surface area contributed by atoms with Crippen molar-refractivity contribution in [3.05, 3.63) is 42.4 Å². The van der Waals surface area contributed by atoms with Gasteiger partial charge in [0, 0.05) is 0 Å². The summed E-state index contributed by atoms with van der Waals surface area (Å²) in [7, 11) is 1.59. The smallest absolute Gasteiger partial charge is 0.282 e. The summed E-state index contributed by atoms with van der Waals surface area (Å²) < 4.78 is 12.5. The molecule has 4 rings (SSSR count). The highest BCUT2D eigenvalue weighted by molar-refractivity contribution is 5.85. The van der Waals surface area contributed by atoms with Crippen molar-refractivity contribution in [2.45, 2.75) is 24.8 Å². The van der Waals surface area contributed by atoms with Gasteiger partial charge < -0.3 is 15.0 Å². The lowest BCUT2D eigenvalue weighted by Crippen LogP contribution is -2.44. The summed E-state index contributed by atoms with van der Waals surface area (Å²) in [6, 6.07) is 9.76. The summed E-state index contributed by atoms with van der Waals surface area (Å²) in [6.07, 6.45) is 4.63. The SMILES string of the molecule is COc1cn(-c2ccccc2)nc1-c1nc(C2(N)CCC2)no1.Cl. The summed E-state index contributed by atoms with van der Waals surface area (Å²) in [5.41, 5.74) is 7.21. The van der Waals surface area contributed by atoms with Gasteiger partial charge >= 0.3 is 0 Å². The van der Waals surface area contributed by atoms with Crippen LogP contribution in [0.2, 0.25) is 0 Å². The molecule has 1 aliphatic rings. The molecule has 0 bridgehead atoms. The standard InChI is InChI=1S/C16H17N5O2.ClH/c1-22-12-10-21(11-6-3-2-4-7-11)19-13(12)14-18-15(20-23-14)16(17)8-5-9-16;/h2-4,6-7,10H,5,8-9,17H2,1H3;1H. The summed E-state index contributed by atoms with van der Waals surface area (Å²) >= 11 is 0. The molecule has 1 aromatic carbocycles. The van der Waals surface area contributed by atoms with Crippen LogP contribution in [-0.2, 0) is 5.54 Å². The molecule has 3 aromatic rings. The Balaban J connectivity index is 0.00000169.